The Labute approximate surface area is 164 Å². The molecule has 140 valence electrons. The number of Topliss-reactive ketones (excluding diaryl/α,β-unsaturated/α-hetero) is 1. The summed E-state index contributed by atoms with van der Waals surface area (Å²) in [6.07, 6.45) is 5.81. The molecule has 1 aliphatic carbocycles. The first kappa shape index (κ1) is 16.0. The Morgan fingerprint density at radius 1 is 0.964 bits per heavy atom. The number of benzene rings is 2. The zero-order valence-electron chi connectivity index (χ0n) is 15.6. The van der Waals surface area contributed by atoms with E-state index >= 15 is 0 Å². The smallest absolute Gasteiger partial charge is 0.231 e. The first-order valence-corrected chi connectivity index (χ1v) is 10.0. The van der Waals surface area contributed by atoms with Gasteiger partial charge in [-0.1, -0.05) is 30.3 Å². The van der Waals surface area contributed by atoms with Crippen LogP contribution in [-0.4, -0.2) is 24.0 Å². The summed E-state index contributed by atoms with van der Waals surface area (Å²) >= 11 is 0. The average Bonchev–Trinajstić information content (AvgIpc) is 3.19. The summed E-state index contributed by atoms with van der Waals surface area (Å²) in [6, 6.07) is 14.7. The standard InChI is InChI=1S/C24H21NO3/c26-21-8-4-7-19-24(21)18(15-5-2-1-3-6-15)12-20-17-13-23-22(27-14-28-23)11-16(17)9-10-25(19)20/h1-3,5-6,11-13,18H,4,7-10,14H2. The molecule has 1 unspecified atom stereocenters. The first-order chi connectivity index (χ1) is 13.8. The van der Waals surface area contributed by atoms with Gasteiger partial charge in [-0.2, -0.15) is 0 Å². The second kappa shape index (κ2) is 5.99. The quantitative estimate of drug-likeness (QED) is 0.744. The van der Waals surface area contributed by atoms with Gasteiger partial charge < -0.3 is 14.4 Å². The fourth-order valence-electron chi connectivity index (χ4n) is 5.03. The minimum Gasteiger partial charge on any atom is -0.454 e. The van der Waals surface area contributed by atoms with Crippen molar-refractivity contribution in [2.24, 2.45) is 0 Å². The molecular formula is C24H21NO3. The largest absolute Gasteiger partial charge is 0.454 e. The van der Waals surface area contributed by atoms with Crippen molar-refractivity contribution in [1.82, 2.24) is 4.90 Å². The van der Waals surface area contributed by atoms with Crippen LogP contribution in [0.1, 0.15) is 41.9 Å². The van der Waals surface area contributed by atoms with E-state index < -0.39 is 0 Å². The van der Waals surface area contributed by atoms with Crippen molar-refractivity contribution in [3.05, 3.63) is 76.5 Å². The Balaban J connectivity index is 1.55. The Kier molecular flexibility index (Phi) is 3.42. The number of ketones is 1. The fraction of sp³-hybridized carbons (Fsp3) is 0.292. The maximum atomic E-state index is 12.9. The Bertz CT molecular complexity index is 1050. The maximum Gasteiger partial charge on any atom is 0.231 e. The molecule has 3 aliphatic heterocycles. The van der Waals surface area contributed by atoms with E-state index in [2.05, 4.69) is 47.4 Å². The molecular weight excluding hydrogens is 350 g/mol. The molecule has 1 atom stereocenters. The van der Waals surface area contributed by atoms with Crippen molar-refractivity contribution >= 4 is 11.5 Å². The molecule has 0 saturated carbocycles. The van der Waals surface area contributed by atoms with Gasteiger partial charge in [0.15, 0.2) is 17.3 Å². The van der Waals surface area contributed by atoms with Gasteiger partial charge in [0.1, 0.15) is 0 Å². The number of nitrogens with zero attached hydrogens (tertiary/aromatic N) is 1. The lowest BCUT2D eigenvalue weighted by molar-refractivity contribution is -0.116. The molecule has 0 fully saturated rings. The van der Waals surface area contributed by atoms with Crippen molar-refractivity contribution in [2.45, 2.75) is 31.6 Å². The minimum atomic E-state index is 0.0200. The normalized spacial score (nSPS) is 22.4. The summed E-state index contributed by atoms with van der Waals surface area (Å²) in [5.74, 6) is 1.99. The number of rotatable bonds is 1. The highest BCUT2D eigenvalue weighted by molar-refractivity contribution is 6.00. The zero-order chi connectivity index (χ0) is 18.7. The van der Waals surface area contributed by atoms with Gasteiger partial charge in [-0.05, 0) is 48.6 Å². The van der Waals surface area contributed by atoms with Crippen molar-refractivity contribution in [2.75, 3.05) is 13.3 Å². The first-order valence-electron chi connectivity index (χ1n) is 10.0. The third-order valence-corrected chi connectivity index (χ3v) is 6.32. The second-order valence-corrected chi connectivity index (χ2v) is 7.84. The van der Waals surface area contributed by atoms with Gasteiger partial charge in [0.05, 0.1) is 0 Å². The number of carbonyl (C=O) groups excluding carboxylic acids is 1. The summed E-state index contributed by atoms with van der Waals surface area (Å²) in [4.78, 5) is 15.3. The number of fused-ring (bicyclic) bond motifs is 5. The second-order valence-electron chi connectivity index (χ2n) is 7.84. The highest BCUT2D eigenvalue weighted by atomic mass is 16.7. The van der Waals surface area contributed by atoms with E-state index in [-0.39, 0.29) is 12.7 Å². The van der Waals surface area contributed by atoms with Gasteiger partial charge in [0.2, 0.25) is 6.79 Å². The van der Waals surface area contributed by atoms with Crippen molar-refractivity contribution in [3.63, 3.8) is 0 Å². The van der Waals surface area contributed by atoms with E-state index in [0.717, 1.165) is 42.9 Å². The molecule has 3 heterocycles. The molecule has 2 aromatic rings. The molecule has 4 nitrogen and oxygen atoms in total. The van der Waals surface area contributed by atoms with E-state index in [1.54, 1.807) is 0 Å². The molecule has 0 amide bonds. The van der Waals surface area contributed by atoms with Crippen molar-refractivity contribution in [1.29, 1.82) is 0 Å². The van der Waals surface area contributed by atoms with Crippen LogP contribution in [0.4, 0.5) is 0 Å². The summed E-state index contributed by atoms with van der Waals surface area (Å²) in [5.41, 5.74) is 7.13. The Morgan fingerprint density at radius 2 is 1.79 bits per heavy atom. The molecule has 0 radical (unpaired) electrons. The number of carbonyl (C=O) groups is 1. The lowest BCUT2D eigenvalue weighted by atomic mass is 9.77. The molecule has 4 heteroatoms. The Morgan fingerprint density at radius 3 is 2.64 bits per heavy atom. The van der Waals surface area contributed by atoms with Crippen LogP contribution in [0.3, 0.4) is 0 Å². The van der Waals surface area contributed by atoms with Crippen LogP contribution >= 0.6 is 0 Å². The zero-order valence-corrected chi connectivity index (χ0v) is 15.6. The third kappa shape index (κ3) is 2.27. The van der Waals surface area contributed by atoms with E-state index in [9.17, 15) is 4.79 Å². The number of ether oxygens (including phenoxy) is 2. The lowest BCUT2D eigenvalue weighted by Gasteiger charge is -2.42. The summed E-state index contributed by atoms with van der Waals surface area (Å²) in [7, 11) is 0. The molecule has 0 saturated heterocycles. The van der Waals surface area contributed by atoms with Crippen LogP contribution in [0.25, 0.3) is 5.70 Å². The van der Waals surface area contributed by atoms with Crippen LogP contribution in [0, 0.1) is 0 Å². The number of hydrogen-bond acceptors (Lipinski definition) is 4. The van der Waals surface area contributed by atoms with Crippen LogP contribution in [0.5, 0.6) is 11.5 Å². The van der Waals surface area contributed by atoms with Crippen molar-refractivity contribution < 1.29 is 14.3 Å². The number of hydrogen-bond donors (Lipinski definition) is 0. The van der Waals surface area contributed by atoms with Gasteiger partial charge in [-0.3, -0.25) is 4.79 Å². The van der Waals surface area contributed by atoms with E-state index in [1.165, 1.54) is 28.1 Å². The highest BCUT2D eigenvalue weighted by Gasteiger charge is 2.38. The molecule has 6 rings (SSSR count). The third-order valence-electron chi connectivity index (χ3n) is 6.32. The van der Waals surface area contributed by atoms with Gasteiger partial charge in [-0.15, -0.1) is 0 Å². The van der Waals surface area contributed by atoms with Gasteiger partial charge in [0.25, 0.3) is 0 Å². The predicted octanol–water partition coefficient (Wildman–Crippen LogP) is 4.42. The van der Waals surface area contributed by atoms with E-state index in [0.29, 0.717) is 12.2 Å². The van der Waals surface area contributed by atoms with Crippen LogP contribution in [0.15, 0.2) is 59.8 Å². The summed E-state index contributed by atoms with van der Waals surface area (Å²) in [5, 5.41) is 0. The maximum absolute atomic E-state index is 12.9. The average molecular weight is 371 g/mol. The van der Waals surface area contributed by atoms with Crippen molar-refractivity contribution in [3.8, 4) is 11.5 Å². The van der Waals surface area contributed by atoms with Gasteiger partial charge in [0, 0.05) is 41.4 Å². The lowest BCUT2D eigenvalue weighted by Crippen LogP contribution is -2.36. The number of allylic oxidation sites excluding steroid dienone is 3. The molecule has 4 aliphatic rings. The summed E-state index contributed by atoms with van der Waals surface area (Å²) in [6.45, 7) is 1.20. The van der Waals surface area contributed by atoms with Crippen LogP contribution < -0.4 is 9.47 Å². The molecule has 0 spiro atoms. The van der Waals surface area contributed by atoms with E-state index in [4.69, 9.17) is 9.47 Å². The Hall–Kier alpha value is -3.01. The topological polar surface area (TPSA) is 38.8 Å². The molecule has 0 aromatic heterocycles. The molecule has 2 aromatic carbocycles. The highest BCUT2D eigenvalue weighted by Crippen LogP contribution is 2.48. The predicted molar refractivity (Wildman–Crippen MR) is 106 cm³/mol. The SMILES string of the molecule is O=C1CCCC2=C1C(c1ccccc1)C=C1c3cc4c(cc3CCN12)OCO4. The molecule has 0 N–H and O–H groups in total. The van der Waals surface area contributed by atoms with E-state index in [1.807, 2.05) is 6.07 Å². The molecule has 28 heavy (non-hydrogen) atoms. The fourth-order valence-corrected chi connectivity index (χ4v) is 5.03. The monoisotopic (exact) mass is 371 g/mol. The van der Waals surface area contributed by atoms with Crippen LogP contribution in [0.2, 0.25) is 0 Å². The van der Waals surface area contributed by atoms with Crippen LogP contribution in [-0.2, 0) is 11.2 Å². The summed E-state index contributed by atoms with van der Waals surface area (Å²) < 4.78 is 11.2. The minimum absolute atomic E-state index is 0.0200. The van der Waals surface area contributed by atoms with Gasteiger partial charge in [-0.25, -0.2) is 0 Å². The molecule has 0 bridgehead atoms. The van der Waals surface area contributed by atoms with Gasteiger partial charge >= 0.3 is 0 Å².